The van der Waals surface area contributed by atoms with Crippen LogP contribution in [0.4, 0.5) is 10.6 Å². The lowest BCUT2D eigenvalue weighted by Gasteiger charge is -2.26. The van der Waals surface area contributed by atoms with Gasteiger partial charge in [-0.1, -0.05) is 61.9 Å². The first-order chi connectivity index (χ1) is 24.8. The number of hydrogen-bond donors (Lipinski definition) is 3. The average Bonchev–Trinajstić information content (AvgIpc) is 3.79. The molecule has 17 heteroatoms. The molecule has 0 aliphatic carbocycles. The summed E-state index contributed by atoms with van der Waals surface area (Å²) in [6.07, 6.45) is 1.94. The number of nitrogens with zero attached hydrogens (tertiary/aromatic N) is 5. The summed E-state index contributed by atoms with van der Waals surface area (Å²) >= 11 is 7.85. The predicted octanol–water partition coefficient (Wildman–Crippen LogP) is 6.81. The van der Waals surface area contributed by atoms with E-state index in [0.717, 1.165) is 59.3 Å². The number of imidazole rings is 1. The van der Waals surface area contributed by atoms with Gasteiger partial charge in [0.25, 0.3) is 0 Å². The molecule has 0 bridgehead atoms. The van der Waals surface area contributed by atoms with Crippen molar-refractivity contribution in [1.29, 1.82) is 0 Å². The molecule has 4 heterocycles. The molecule has 1 aliphatic heterocycles. The van der Waals surface area contributed by atoms with Gasteiger partial charge < -0.3 is 19.0 Å². The van der Waals surface area contributed by atoms with E-state index in [0.29, 0.717) is 28.7 Å². The van der Waals surface area contributed by atoms with Crippen molar-refractivity contribution in [2.45, 2.75) is 39.3 Å². The second kappa shape index (κ2) is 14.4. The number of amides is 2. The lowest BCUT2D eigenvalue weighted by atomic mass is 9.92. The minimum atomic E-state index is -4.77. The van der Waals surface area contributed by atoms with E-state index in [9.17, 15) is 13.2 Å². The number of ether oxygens (including phenoxy) is 2. The Kier molecular flexibility index (Phi) is 9.86. The highest BCUT2D eigenvalue weighted by Gasteiger charge is 2.23. The molecule has 1 aliphatic rings. The summed E-state index contributed by atoms with van der Waals surface area (Å²) in [6.45, 7) is 10.2. The van der Waals surface area contributed by atoms with E-state index in [4.69, 9.17) is 25.6 Å². The van der Waals surface area contributed by atoms with Crippen LogP contribution >= 0.6 is 22.9 Å². The second-order valence-electron chi connectivity index (χ2n) is 13.2. The summed E-state index contributed by atoms with van der Waals surface area (Å²) in [5.74, 6) is 1.34. The maximum absolute atomic E-state index is 13.3. The summed E-state index contributed by atoms with van der Waals surface area (Å²) in [4.78, 5) is 21.2. The topological polar surface area (TPSA) is 162 Å². The Morgan fingerprint density at radius 2 is 1.85 bits per heavy atom. The van der Waals surface area contributed by atoms with E-state index in [1.165, 1.54) is 22.9 Å². The van der Waals surface area contributed by atoms with E-state index in [-0.39, 0.29) is 22.7 Å². The fraction of sp³-hybridized carbons (Fsp3) is 0.286. The molecule has 7 rings (SSSR count). The summed E-state index contributed by atoms with van der Waals surface area (Å²) < 4.78 is 52.5. The minimum Gasteiger partial charge on any atom is -0.457 e. The molecule has 0 saturated carbocycles. The molecule has 0 unspecified atom stereocenters. The van der Waals surface area contributed by atoms with E-state index >= 15 is 0 Å². The van der Waals surface area contributed by atoms with Crippen molar-refractivity contribution in [3.8, 4) is 22.9 Å². The zero-order valence-corrected chi connectivity index (χ0v) is 30.9. The third kappa shape index (κ3) is 8.01. The predicted molar refractivity (Wildman–Crippen MR) is 198 cm³/mol. The molecule has 3 aromatic heterocycles. The quantitative estimate of drug-likeness (QED) is 0.126. The Morgan fingerprint density at radius 1 is 1.06 bits per heavy atom. The monoisotopic (exact) mass is 765 g/mol. The van der Waals surface area contributed by atoms with Crippen molar-refractivity contribution in [3.05, 3.63) is 94.9 Å². The number of carbonyl (C=O) groups excluding carboxylic acids is 1. The minimum absolute atomic E-state index is 0.0867. The van der Waals surface area contributed by atoms with Crippen LogP contribution in [0, 0.1) is 0 Å². The first-order valence-electron chi connectivity index (χ1n) is 16.4. The Bertz CT molecular complexity index is 2380. The molecule has 0 atom stereocenters. The van der Waals surface area contributed by atoms with E-state index in [1.807, 2.05) is 69.4 Å². The Labute approximate surface area is 308 Å². The van der Waals surface area contributed by atoms with Gasteiger partial charge in [-0.05, 0) is 36.4 Å². The Hall–Kier alpha value is -4.71. The van der Waals surface area contributed by atoms with Crippen LogP contribution in [-0.2, 0) is 33.6 Å². The first kappa shape index (κ1) is 35.7. The smallest absolute Gasteiger partial charge is 0.446 e. The number of nitrogens with one attached hydrogen (secondary N) is 2. The fourth-order valence-electron chi connectivity index (χ4n) is 5.77. The number of hydrogen-bond acceptors (Lipinski definition) is 10. The number of para-hydroxylation sites is 1. The molecule has 2 amide bonds. The van der Waals surface area contributed by atoms with Gasteiger partial charge in [-0.3, -0.25) is 19.2 Å². The highest BCUT2D eigenvalue weighted by Crippen LogP contribution is 2.34. The third-order valence-electron chi connectivity index (χ3n) is 8.38. The van der Waals surface area contributed by atoms with Crippen molar-refractivity contribution in [2.24, 2.45) is 0 Å². The number of rotatable bonds is 10. The SMILES string of the molecule is CC(C)(C)c1cc(NC(=O)NCc2ccccc2Oc2ccc3c(c2)sc2ncc(CN4CCOCC4)n23)n(-c2ccc(OS(=O)(=O)O)c(Cl)c2)n1. The molecular formula is C35H36ClN7O7S2. The van der Waals surface area contributed by atoms with Crippen LogP contribution in [-0.4, -0.2) is 69.4 Å². The average molecular weight is 766 g/mol. The Balaban J connectivity index is 1.05. The van der Waals surface area contributed by atoms with E-state index in [1.54, 1.807) is 17.4 Å². The van der Waals surface area contributed by atoms with Crippen molar-refractivity contribution >= 4 is 60.4 Å². The van der Waals surface area contributed by atoms with Gasteiger partial charge in [0.1, 0.15) is 17.3 Å². The van der Waals surface area contributed by atoms with Crippen molar-refractivity contribution < 1.29 is 31.4 Å². The van der Waals surface area contributed by atoms with Gasteiger partial charge >= 0.3 is 16.4 Å². The van der Waals surface area contributed by atoms with Gasteiger partial charge in [-0.15, -0.1) is 0 Å². The Morgan fingerprint density at radius 3 is 2.60 bits per heavy atom. The van der Waals surface area contributed by atoms with Crippen LogP contribution in [0.3, 0.4) is 0 Å². The molecule has 0 spiro atoms. The lowest BCUT2D eigenvalue weighted by molar-refractivity contribution is 0.0336. The summed E-state index contributed by atoms with van der Waals surface area (Å²) in [7, 11) is -4.77. The molecule has 3 N–H and O–H groups in total. The number of urea groups is 1. The maximum atomic E-state index is 13.3. The normalized spacial score (nSPS) is 14.2. The van der Waals surface area contributed by atoms with E-state index < -0.39 is 16.4 Å². The number of halogens is 1. The fourth-order valence-corrected chi connectivity index (χ4v) is 7.45. The lowest BCUT2D eigenvalue weighted by Crippen LogP contribution is -2.35. The van der Waals surface area contributed by atoms with Crippen LogP contribution in [0.25, 0.3) is 20.9 Å². The number of anilines is 1. The molecule has 0 radical (unpaired) electrons. The van der Waals surface area contributed by atoms with Gasteiger partial charge in [0.15, 0.2) is 10.7 Å². The largest absolute Gasteiger partial charge is 0.457 e. The number of fused-ring (bicyclic) bond motifs is 3. The summed E-state index contributed by atoms with van der Waals surface area (Å²) in [5.41, 5.74) is 3.70. The molecule has 1 fully saturated rings. The molecule has 1 saturated heterocycles. The zero-order valence-electron chi connectivity index (χ0n) is 28.5. The van der Waals surface area contributed by atoms with Crippen molar-refractivity contribution in [3.63, 3.8) is 0 Å². The van der Waals surface area contributed by atoms with E-state index in [2.05, 4.69) is 34.2 Å². The zero-order chi connectivity index (χ0) is 36.6. The van der Waals surface area contributed by atoms with Crippen LogP contribution in [0.2, 0.25) is 5.02 Å². The molecule has 272 valence electrons. The number of aromatic nitrogens is 4. The van der Waals surface area contributed by atoms with Crippen LogP contribution < -0.4 is 19.6 Å². The second-order valence-corrected chi connectivity index (χ2v) is 15.6. The third-order valence-corrected chi connectivity index (χ3v) is 10.1. The van der Waals surface area contributed by atoms with Crippen LogP contribution in [0.15, 0.2) is 72.9 Å². The summed E-state index contributed by atoms with van der Waals surface area (Å²) in [6, 6.07) is 18.9. The van der Waals surface area contributed by atoms with Crippen LogP contribution in [0.5, 0.6) is 17.2 Å². The standard InChI is InChI=1S/C35H36ClN7O7S2/c1-35(2,3)31-18-32(43(40-31)23-8-11-29(26(36)16-23)50-52(45,46)47)39-33(44)37-19-22-6-4-5-7-28(22)49-25-9-10-27-30(17-25)51-34-38-20-24(42(27)34)21-41-12-14-48-15-13-41/h4-11,16-18,20H,12-15,19,21H2,1-3H3,(H2,37,39,44)(H,45,46,47). The summed E-state index contributed by atoms with van der Waals surface area (Å²) in [5, 5.41) is 10.3. The van der Waals surface area contributed by atoms with Gasteiger partial charge in [-0.2, -0.15) is 13.5 Å². The van der Waals surface area contributed by atoms with Gasteiger partial charge in [0.2, 0.25) is 0 Å². The number of benzene rings is 3. The van der Waals surface area contributed by atoms with Gasteiger partial charge in [-0.25, -0.2) is 14.5 Å². The highest BCUT2D eigenvalue weighted by atomic mass is 35.5. The molecule has 3 aromatic carbocycles. The number of thiazole rings is 1. The molecule has 52 heavy (non-hydrogen) atoms. The molecule has 14 nitrogen and oxygen atoms in total. The van der Waals surface area contributed by atoms with Crippen molar-refractivity contribution in [1.82, 2.24) is 29.4 Å². The molecule has 6 aromatic rings. The van der Waals surface area contributed by atoms with Gasteiger partial charge in [0, 0.05) is 49.3 Å². The van der Waals surface area contributed by atoms with Crippen LogP contribution in [0.1, 0.15) is 37.7 Å². The number of carbonyl (C=O) groups is 1. The number of morpholine rings is 1. The highest BCUT2D eigenvalue weighted by molar-refractivity contribution is 7.81. The molecular weight excluding hydrogens is 730 g/mol. The van der Waals surface area contributed by atoms with Gasteiger partial charge in [0.05, 0.1) is 51.7 Å². The maximum Gasteiger partial charge on any atom is 0.446 e. The first-order valence-corrected chi connectivity index (χ1v) is 18.9. The van der Waals surface area contributed by atoms with Crippen molar-refractivity contribution in [2.75, 3.05) is 31.6 Å².